The van der Waals surface area contributed by atoms with Gasteiger partial charge < -0.3 is 4.90 Å². The Kier molecular flexibility index (Phi) is 6.29. The van der Waals surface area contributed by atoms with Gasteiger partial charge in [0.15, 0.2) is 0 Å². The lowest BCUT2D eigenvalue weighted by atomic mass is 10.1. The number of hydrogen-bond donors (Lipinski definition) is 0. The predicted octanol–water partition coefficient (Wildman–Crippen LogP) is 3.12. The van der Waals surface area contributed by atoms with E-state index >= 15 is 0 Å². The number of carbonyl (C=O) groups is 1. The van der Waals surface area contributed by atoms with E-state index in [2.05, 4.69) is 21.7 Å². The monoisotopic (exact) mass is 447 g/mol. The molecular weight excluding hydrogens is 418 g/mol. The predicted molar refractivity (Wildman–Crippen MR) is 119 cm³/mol. The van der Waals surface area contributed by atoms with E-state index in [0.717, 1.165) is 24.9 Å². The molecule has 2 aliphatic rings. The summed E-state index contributed by atoms with van der Waals surface area (Å²) in [5, 5.41) is 4.26. The van der Waals surface area contributed by atoms with Crippen LogP contribution in [0.5, 0.6) is 0 Å². The van der Waals surface area contributed by atoms with Crippen LogP contribution in [0.25, 0.3) is 0 Å². The molecule has 0 spiro atoms. The van der Waals surface area contributed by atoms with Gasteiger partial charge in [-0.05, 0) is 67.8 Å². The fraction of sp³-hybridized carbons (Fsp3) is 0.500. The van der Waals surface area contributed by atoms with Crippen molar-refractivity contribution >= 4 is 27.3 Å². The summed E-state index contributed by atoms with van der Waals surface area (Å²) in [4.78, 5) is 17.6. The van der Waals surface area contributed by atoms with Crippen molar-refractivity contribution in [2.75, 3.05) is 32.7 Å². The molecule has 2 aromatic rings. The lowest BCUT2D eigenvalue weighted by Crippen LogP contribution is -2.55. The summed E-state index contributed by atoms with van der Waals surface area (Å²) in [7, 11) is -3.52. The Hall–Kier alpha value is -1.74. The average Bonchev–Trinajstić information content (AvgIpc) is 3.44. The Morgan fingerprint density at radius 2 is 1.77 bits per heavy atom. The third kappa shape index (κ3) is 4.19. The number of rotatable bonds is 5. The van der Waals surface area contributed by atoms with Crippen LogP contribution in [0.3, 0.4) is 0 Å². The quantitative estimate of drug-likeness (QED) is 0.707. The number of hydrogen-bond acceptors (Lipinski definition) is 5. The molecule has 2 aliphatic heterocycles. The van der Waals surface area contributed by atoms with Crippen molar-refractivity contribution in [3.8, 4) is 0 Å². The van der Waals surface area contributed by atoms with E-state index in [1.54, 1.807) is 23.5 Å². The largest absolute Gasteiger partial charge is 0.339 e. The number of benzene rings is 1. The first-order valence-electron chi connectivity index (χ1n) is 10.5. The van der Waals surface area contributed by atoms with Gasteiger partial charge in [0, 0.05) is 32.2 Å². The van der Waals surface area contributed by atoms with Crippen molar-refractivity contribution in [3.05, 3.63) is 52.2 Å². The molecular formula is C22H29N3O3S2. The highest BCUT2D eigenvalue weighted by atomic mass is 32.2. The maximum atomic E-state index is 13.2. The minimum atomic E-state index is -3.52. The highest BCUT2D eigenvalue weighted by Gasteiger charge is 2.37. The number of aryl methyl sites for hydroxylation is 1. The van der Waals surface area contributed by atoms with Gasteiger partial charge in [-0.15, -0.1) is 0 Å². The Labute approximate surface area is 183 Å². The minimum absolute atomic E-state index is 0.101. The van der Waals surface area contributed by atoms with Gasteiger partial charge in [-0.2, -0.15) is 15.6 Å². The van der Waals surface area contributed by atoms with Crippen LogP contribution in [-0.2, 0) is 14.8 Å². The van der Waals surface area contributed by atoms with Crippen molar-refractivity contribution < 1.29 is 13.2 Å². The zero-order valence-corrected chi connectivity index (χ0v) is 19.2. The van der Waals surface area contributed by atoms with Crippen molar-refractivity contribution in [3.63, 3.8) is 0 Å². The van der Waals surface area contributed by atoms with Crippen LogP contribution in [0.2, 0.25) is 0 Å². The maximum absolute atomic E-state index is 13.2. The van der Waals surface area contributed by atoms with Crippen molar-refractivity contribution in [1.82, 2.24) is 14.1 Å². The second-order valence-corrected chi connectivity index (χ2v) is 10.9. The van der Waals surface area contributed by atoms with E-state index in [1.165, 1.54) is 9.87 Å². The summed E-state index contributed by atoms with van der Waals surface area (Å²) in [6.45, 7) is 6.39. The van der Waals surface area contributed by atoms with Crippen LogP contribution < -0.4 is 0 Å². The number of carbonyl (C=O) groups excluding carboxylic acids is 1. The van der Waals surface area contributed by atoms with Crippen LogP contribution in [0, 0.1) is 6.92 Å². The first kappa shape index (κ1) is 21.5. The number of likely N-dealkylation sites (tertiary alicyclic amines) is 1. The zero-order valence-electron chi connectivity index (χ0n) is 17.5. The number of amides is 1. The molecule has 3 heterocycles. The molecule has 2 saturated heterocycles. The number of nitrogens with zero attached hydrogens (tertiary/aromatic N) is 3. The van der Waals surface area contributed by atoms with E-state index in [-0.39, 0.29) is 11.9 Å². The standard InChI is InChI=1S/C22H29N3O3S2/c1-17-5-7-20(8-6-17)30(27,28)24-13-11-23(12-14-24)22(26)18(2)25-10-3-4-21(25)19-9-15-29-16-19/h5-9,15-16,18,21H,3-4,10-14H2,1-2H3/t18-,21+/m0/s1. The lowest BCUT2D eigenvalue weighted by Gasteiger charge is -2.38. The Balaban J connectivity index is 1.39. The van der Waals surface area contributed by atoms with Crippen LogP contribution in [0.4, 0.5) is 0 Å². The number of thiophene rings is 1. The van der Waals surface area contributed by atoms with E-state index in [1.807, 2.05) is 30.9 Å². The van der Waals surface area contributed by atoms with E-state index in [4.69, 9.17) is 0 Å². The maximum Gasteiger partial charge on any atom is 0.243 e. The third-order valence-corrected chi connectivity index (χ3v) is 8.90. The molecule has 8 heteroatoms. The molecule has 0 radical (unpaired) electrons. The molecule has 2 fully saturated rings. The SMILES string of the molecule is Cc1ccc(S(=O)(=O)N2CCN(C(=O)[C@H](C)N3CCC[C@@H]3c3ccsc3)CC2)cc1. The highest BCUT2D eigenvalue weighted by Crippen LogP contribution is 2.35. The molecule has 0 aliphatic carbocycles. The molecule has 0 N–H and O–H groups in total. The van der Waals surface area contributed by atoms with Gasteiger partial charge in [0.05, 0.1) is 10.9 Å². The molecule has 0 saturated carbocycles. The van der Waals surface area contributed by atoms with Crippen LogP contribution in [0.1, 0.15) is 36.9 Å². The number of piperazine rings is 1. The Bertz CT molecular complexity index is 966. The summed E-state index contributed by atoms with van der Waals surface area (Å²) in [5.41, 5.74) is 2.33. The normalized spacial score (nSPS) is 22.3. The van der Waals surface area contributed by atoms with Crippen LogP contribution in [0.15, 0.2) is 46.0 Å². The van der Waals surface area contributed by atoms with E-state index < -0.39 is 10.0 Å². The summed E-state index contributed by atoms with van der Waals surface area (Å²) in [6, 6.07) is 9.20. The molecule has 1 amide bonds. The molecule has 2 atom stereocenters. The summed E-state index contributed by atoms with van der Waals surface area (Å²) < 4.78 is 27.3. The molecule has 6 nitrogen and oxygen atoms in total. The summed E-state index contributed by atoms with van der Waals surface area (Å²) in [5.74, 6) is 0.101. The highest BCUT2D eigenvalue weighted by molar-refractivity contribution is 7.89. The van der Waals surface area contributed by atoms with E-state index in [9.17, 15) is 13.2 Å². The van der Waals surface area contributed by atoms with Crippen molar-refractivity contribution in [2.24, 2.45) is 0 Å². The summed E-state index contributed by atoms with van der Waals surface area (Å²) in [6.07, 6.45) is 2.18. The van der Waals surface area contributed by atoms with Gasteiger partial charge >= 0.3 is 0 Å². The zero-order chi connectivity index (χ0) is 21.3. The fourth-order valence-electron chi connectivity index (χ4n) is 4.49. The van der Waals surface area contributed by atoms with Gasteiger partial charge in [0.25, 0.3) is 0 Å². The molecule has 30 heavy (non-hydrogen) atoms. The van der Waals surface area contributed by atoms with Crippen LogP contribution in [-0.4, -0.2) is 67.2 Å². The lowest BCUT2D eigenvalue weighted by molar-refractivity contribution is -0.138. The molecule has 0 bridgehead atoms. The van der Waals surface area contributed by atoms with Gasteiger partial charge in [-0.1, -0.05) is 17.7 Å². The topological polar surface area (TPSA) is 60.9 Å². The molecule has 1 aromatic carbocycles. The smallest absolute Gasteiger partial charge is 0.243 e. The van der Waals surface area contributed by atoms with Gasteiger partial charge in [0.1, 0.15) is 0 Å². The Morgan fingerprint density at radius 1 is 1.07 bits per heavy atom. The van der Waals surface area contributed by atoms with Gasteiger partial charge in [0.2, 0.25) is 15.9 Å². The van der Waals surface area contributed by atoms with Crippen molar-refractivity contribution in [1.29, 1.82) is 0 Å². The summed E-state index contributed by atoms with van der Waals surface area (Å²) >= 11 is 1.69. The first-order valence-corrected chi connectivity index (χ1v) is 12.9. The molecule has 4 rings (SSSR count). The van der Waals surface area contributed by atoms with Crippen LogP contribution >= 0.6 is 11.3 Å². The molecule has 1 aromatic heterocycles. The third-order valence-electron chi connectivity index (χ3n) is 6.29. The molecule has 0 unspecified atom stereocenters. The first-order chi connectivity index (χ1) is 14.4. The number of sulfonamides is 1. The second kappa shape index (κ2) is 8.78. The second-order valence-electron chi connectivity index (χ2n) is 8.17. The van der Waals surface area contributed by atoms with Gasteiger partial charge in [-0.25, -0.2) is 8.42 Å². The van der Waals surface area contributed by atoms with Gasteiger partial charge in [-0.3, -0.25) is 9.69 Å². The fourth-order valence-corrected chi connectivity index (χ4v) is 6.62. The average molecular weight is 448 g/mol. The minimum Gasteiger partial charge on any atom is -0.339 e. The van der Waals surface area contributed by atoms with Crippen molar-refractivity contribution in [2.45, 2.75) is 43.7 Å². The van der Waals surface area contributed by atoms with E-state index in [0.29, 0.717) is 37.1 Å². The molecule has 162 valence electrons. The Morgan fingerprint density at radius 3 is 2.40 bits per heavy atom.